The highest BCUT2D eigenvalue weighted by atomic mass is 35.5. The van der Waals surface area contributed by atoms with E-state index in [-0.39, 0.29) is 17.7 Å². The van der Waals surface area contributed by atoms with Crippen molar-refractivity contribution >= 4 is 16.9 Å². The van der Waals surface area contributed by atoms with Gasteiger partial charge < -0.3 is 18.1 Å². The van der Waals surface area contributed by atoms with Gasteiger partial charge in [0.25, 0.3) is 0 Å². The third-order valence-electron chi connectivity index (χ3n) is 0. The molecule has 0 amide bonds. The number of hydrogen-bond donors (Lipinski definition) is 2. The zero-order valence-electron chi connectivity index (χ0n) is 2.33. The van der Waals surface area contributed by atoms with E-state index in [1.54, 1.807) is 0 Å². The lowest BCUT2D eigenvalue weighted by Crippen LogP contribution is -3.00. The number of amidine groups is 1. The van der Waals surface area contributed by atoms with Crippen LogP contribution in [0, 0.1) is 5.41 Å². The van der Waals surface area contributed by atoms with Crippen LogP contribution in [0.15, 0.2) is 0 Å². The van der Waals surface area contributed by atoms with Crippen LogP contribution in [0.2, 0.25) is 0 Å². The van der Waals surface area contributed by atoms with Crippen LogP contribution in [0.4, 0.5) is 0 Å². The molecule has 0 aliphatic heterocycles. The minimum Gasteiger partial charge on any atom is -1.00 e. The van der Waals surface area contributed by atoms with Crippen molar-refractivity contribution in [3.8, 4) is 0 Å². The molecule has 0 rings (SSSR count). The van der Waals surface area contributed by atoms with E-state index in [9.17, 15) is 0 Å². The summed E-state index contributed by atoms with van der Waals surface area (Å²) in [5.41, 5.74) is 4.46. The van der Waals surface area contributed by atoms with E-state index >= 15 is 0 Å². The SMILES string of the molecule is N=C(N)Cl.[Cl-]. The molecule has 4 heteroatoms. The Morgan fingerprint density at radius 1 is 1.80 bits per heavy atom. The molecule has 0 radical (unpaired) electrons. The van der Waals surface area contributed by atoms with E-state index in [0.717, 1.165) is 0 Å². The first kappa shape index (κ1) is 8.90. The summed E-state index contributed by atoms with van der Waals surface area (Å²) in [7, 11) is 0. The Morgan fingerprint density at radius 3 is 1.80 bits per heavy atom. The lowest BCUT2D eigenvalue weighted by Gasteiger charge is -1.62. The first-order chi connectivity index (χ1) is 1.73. The monoisotopic (exact) mass is 113 g/mol. The first-order valence-electron chi connectivity index (χ1n) is 0.728. The maximum atomic E-state index is 6.04. The summed E-state index contributed by atoms with van der Waals surface area (Å²) in [6.07, 6.45) is 0. The van der Waals surface area contributed by atoms with Crippen LogP contribution in [0.3, 0.4) is 0 Å². The molecule has 0 bridgehead atoms. The molecule has 0 saturated carbocycles. The van der Waals surface area contributed by atoms with Gasteiger partial charge in [-0.2, -0.15) is 0 Å². The average molecular weight is 114 g/mol. The van der Waals surface area contributed by atoms with E-state index in [0.29, 0.717) is 0 Å². The molecular formula is CH3Cl2N2-. The fourth-order valence-electron chi connectivity index (χ4n) is 0. The Bertz CT molecular complexity index is 30.6. The van der Waals surface area contributed by atoms with Crippen molar-refractivity contribution < 1.29 is 12.4 Å². The molecule has 0 atom stereocenters. The number of nitrogens with two attached hydrogens (primary N) is 1. The first-order valence-corrected chi connectivity index (χ1v) is 1.11. The predicted octanol–water partition coefficient (Wildman–Crippen LogP) is -2.88. The van der Waals surface area contributed by atoms with Gasteiger partial charge >= 0.3 is 0 Å². The third-order valence-corrected chi connectivity index (χ3v) is 0. The lowest BCUT2D eigenvalue weighted by atomic mass is 11.4. The van der Waals surface area contributed by atoms with Gasteiger partial charge in [-0.15, -0.1) is 0 Å². The lowest BCUT2D eigenvalue weighted by molar-refractivity contribution is -0.00000118. The highest BCUT2D eigenvalue weighted by molar-refractivity contribution is 6.63. The standard InChI is InChI=1S/CH3ClN2.ClH/c2-1(3)4;/h(H3,3,4);1H/p-1. The van der Waals surface area contributed by atoms with Gasteiger partial charge in [-0.25, -0.2) is 0 Å². The van der Waals surface area contributed by atoms with Gasteiger partial charge in [0.1, 0.15) is 0 Å². The Morgan fingerprint density at radius 2 is 1.80 bits per heavy atom. The van der Waals surface area contributed by atoms with Crippen LogP contribution >= 0.6 is 11.6 Å². The van der Waals surface area contributed by atoms with E-state index in [2.05, 4.69) is 17.3 Å². The fraction of sp³-hybridized carbons (Fsp3) is 0. The minimum atomic E-state index is -0.361. The number of halogens is 2. The normalized spacial score (nSPS) is 5.00. The molecule has 0 aromatic carbocycles. The van der Waals surface area contributed by atoms with Gasteiger partial charge in [0.2, 0.25) is 0 Å². The average Bonchev–Trinajstić information content (AvgIpc) is 0.811. The molecule has 0 aromatic rings. The Hall–Kier alpha value is 0.0500. The summed E-state index contributed by atoms with van der Waals surface area (Å²) >= 11 is 4.64. The second kappa shape index (κ2) is 4.05. The summed E-state index contributed by atoms with van der Waals surface area (Å²) in [6, 6.07) is 0. The molecule has 0 aromatic heterocycles. The molecule has 5 heavy (non-hydrogen) atoms. The van der Waals surface area contributed by atoms with Gasteiger partial charge in [0.05, 0.1) is 0 Å². The summed E-state index contributed by atoms with van der Waals surface area (Å²) < 4.78 is 0. The fourth-order valence-corrected chi connectivity index (χ4v) is 0. The maximum absolute atomic E-state index is 6.04. The van der Waals surface area contributed by atoms with E-state index < -0.39 is 0 Å². The van der Waals surface area contributed by atoms with Crippen molar-refractivity contribution in [2.45, 2.75) is 0 Å². The predicted molar refractivity (Wildman–Crippen MR) is 17.8 cm³/mol. The van der Waals surface area contributed by atoms with Crippen LogP contribution in [0.25, 0.3) is 0 Å². The second-order valence-electron chi connectivity index (χ2n) is 0.348. The zero-order chi connectivity index (χ0) is 3.58. The molecule has 0 unspecified atom stereocenters. The molecule has 0 aliphatic rings. The van der Waals surface area contributed by atoms with Gasteiger partial charge in [-0.1, -0.05) is 0 Å². The largest absolute Gasteiger partial charge is 1.00 e. The van der Waals surface area contributed by atoms with Gasteiger partial charge in [0.15, 0.2) is 5.29 Å². The van der Waals surface area contributed by atoms with E-state index in [1.807, 2.05) is 0 Å². The van der Waals surface area contributed by atoms with E-state index in [1.165, 1.54) is 0 Å². The summed E-state index contributed by atoms with van der Waals surface area (Å²) in [4.78, 5) is 0. The summed E-state index contributed by atoms with van der Waals surface area (Å²) in [6.45, 7) is 0. The molecule has 0 fully saturated rings. The van der Waals surface area contributed by atoms with Gasteiger partial charge in [0, 0.05) is 0 Å². The van der Waals surface area contributed by atoms with Crippen molar-refractivity contribution in [3.63, 3.8) is 0 Å². The Balaban J connectivity index is 0. The second-order valence-corrected chi connectivity index (χ2v) is 0.755. The smallest absolute Gasteiger partial charge is 0.185 e. The topological polar surface area (TPSA) is 49.9 Å². The van der Waals surface area contributed by atoms with Crippen molar-refractivity contribution in [1.82, 2.24) is 0 Å². The minimum absolute atomic E-state index is 0. The maximum Gasteiger partial charge on any atom is 0.185 e. The number of nitrogens with one attached hydrogen (secondary N) is 1. The van der Waals surface area contributed by atoms with Crippen molar-refractivity contribution in [2.24, 2.45) is 5.73 Å². The van der Waals surface area contributed by atoms with Crippen molar-refractivity contribution in [1.29, 1.82) is 5.41 Å². The van der Waals surface area contributed by atoms with Crippen LogP contribution < -0.4 is 18.1 Å². The Labute approximate surface area is 41.2 Å². The highest BCUT2D eigenvalue weighted by Crippen LogP contribution is 1.57. The molecular weight excluding hydrogens is 111 g/mol. The van der Waals surface area contributed by atoms with Crippen molar-refractivity contribution in [2.75, 3.05) is 0 Å². The van der Waals surface area contributed by atoms with E-state index in [4.69, 9.17) is 5.41 Å². The Kier molecular flexibility index (Phi) is 7.21. The van der Waals surface area contributed by atoms with Crippen LogP contribution in [0.1, 0.15) is 0 Å². The van der Waals surface area contributed by atoms with Crippen molar-refractivity contribution in [3.05, 3.63) is 0 Å². The molecule has 0 spiro atoms. The molecule has 0 heterocycles. The number of hydrogen-bond acceptors (Lipinski definition) is 1. The highest BCUT2D eigenvalue weighted by Gasteiger charge is 1.58. The van der Waals surface area contributed by atoms with Crippen LogP contribution in [-0.4, -0.2) is 5.29 Å². The third kappa shape index (κ3) is 6810. The summed E-state index contributed by atoms with van der Waals surface area (Å²) in [5, 5.41) is 5.68. The van der Waals surface area contributed by atoms with Gasteiger partial charge in [-0.3, -0.25) is 5.41 Å². The van der Waals surface area contributed by atoms with Crippen LogP contribution in [0.5, 0.6) is 0 Å². The number of rotatable bonds is 0. The van der Waals surface area contributed by atoms with Crippen LogP contribution in [-0.2, 0) is 0 Å². The molecule has 0 saturated heterocycles. The molecule has 2 nitrogen and oxygen atoms in total. The quantitative estimate of drug-likeness (QED) is 0.198. The van der Waals surface area contributed by atoms with Gasteiger partial charge in [-0.05, 0) is 11.6 Å². The summed E-state index contributed by atoms with van der Waals surface area (Å²) in [5.74, 6) is 0. The molecule has 0 aliphatic carbocycles. The molecule has 32 valence electrons. The molecule has 3 N–H and O–H groups in total. The zero-order valence-corrected chi connectivity index (χ0v) is 3.85.